The van der Waals surface area contributed by atoms with Crippen molar-refractivity contribution in [1.29, 1.82) is 0 Å². The fourth-order valence-corrected chi connectivity index (χ4v) is 1.85. The molecule has 0 radical (unpaired) electrons. The Balaban J connectivity index is 2.38. The Bertz CT molecular complexity index is 371. The van der Waals surface area contributed by atoms with Gasteiger partial charge >= 0.3 is 0 Å². The molecule has 0 aliphatic heterocycles. The molecule has 1 aromatic carbocycles. The lowest BCUT2D eigenvalue weighted by atomic mass is 10.1. The maximum atomic E-state index is 13.7. The Morgan fingerprint density at radius 3 is 2.68 bits per heavy atom. The van der Waals surface area contributed by atoms with Crippen molar-refractivity contribution < 1.29 is 9.13 Å². The Kier molecular flexibility index (Phi) is 7.45. The Morgan fingerprint density at radius 1 is 1.26 bits per heavy atom. The summed E-state index contributed by atoms with van der Waals surface area (Å²) in [4.78, 5) is 2.25. The fourth-order valence-electron chi connectivity index (χ4n) is 1.85. The summed E-state index contributed by atoms with van der Waals surface area (Å²) in [6.07, 6.45) is 0.853. The number of ether oxygens (including phenoxy) is 1. The van der Waals surface area contributed by atoms with Gasteiger partial charge in [-0.15, -0.1) is 0 Å². The maximum Gasteiger partial charge on any atom is 0.165 e. The van der Waals surface area contributed by atoms with E-state index in [2.05, 4.69) is 24.2 Å². The fraction of sp³-hybridized carbons (Fsp3) is 0.600. The molecule has 0 aliphatic carbocycles. The van der Waals surface area contributed by atoms with E-state index >= 15 is 0 Å². The first-order chi connectivity index (χ1) is 9.17. The standard InChI is InChI=1S/C15H25FN2O/c1-4-17-9-11-18(3)10-8-13-6-7-15(19-5-2)14(16)12-13/h6-7,12,17H,4-5,8-11H2,1-3H3. The zero-order valence-corrected chi connectivity index (χ0v) is 12.2. The van der Waals surface area contributed by atoms with Crippen LogP contribution in [-0.2, 0) is 6.42 Å². The Labute approximate surface area is 115 Å². The average Bonchev–Trinajstić information content (AvgIpc) is 2.40. The van der Waals surface area contributed by atoms with E-state index in [0.717, 1.165) is 38.2 Å². The molecule has 0 bridgehead atoms. The van der Waals surface area contributed by atoms with Crippen LogP contribution < -0.4 is 10.1 Å². The number of hydrogen-bond donors (Lipinski definition) is 1. The molecule has 0 spiro atoms. The Morgan fingerprint density at radius 2 is 2.05 bits per heavy atom. The van der Waals surface area contributed by atoms with Crippen LogP contribution in [0.5, 0.6) is 5.75 Å². The molecular weight excluding hydrogens is 243 g/mol. The van der Waals surface area contributed by atoms with Crippen LogP contribution in [0.3, 0.4) is 0 Å². The van der Waals surface area contributed by atoms with Crippen LogP contribution in [0.15, 0.2) is 18.2 Å². The van der Waals surface area contributed by atoms with E-state index in [9.17, 15) is 4.39 Å². The molecule has 4 heteroatoms. The third-order valence-corrected chi connectivity index (χ3v) is 3.00. The molecule has 1 rings (SSSR count). The number of halogens is 1. The van der Waals surface area contributed by atoms with Gasteiger partial charge in [-0.25, -0.2) is 4.39 Å². The van der Waals surface area contributed by atoms with Crippen LogP contribution >= 0.6 is 0 Å². The second kappa shape index (κ2) is 8.88. The minimum Gasteiger partial charge on any atom is -0.491 e. The summed E-state index contributed by atoms with van der Waals surface area (Å²) in [5.41, 5.74) is 1.01. The predicted octanol–water partition coefficient (Wildman–Crippen LogP) is 2.31. The summed E-state index contributed by atoms with van der Waals surface area (Å²) in [6, 6.07) is 5.22. The molecule has 0 unspecified atom stereocenters. The molecule has 1 N–H and O–H groups in total. The number of rotatable bonds is 9. The van der Waals surface area contributed by atoms with Crippen LogP contribution in [-0.4, -0.2) is 44.7 Å². The Hall–Kier alpha value is -1.13. The molecular formula is C15H25FN2O. The van der Waals surface area contributed by atoms with Crippen molar-refractivity contribution in [2.24, 2.45) is 0 Å². The number of nitrogens with zero attached hydrogens (tertiary/aromatic N) is 1. The monoisotopic (exact) mass is 268 g/mol. The molecule has 108 valence electrons. The summed E-state index contributed by atoms with van der Waals surface area (Å²) >= 11 is 0. The van der Waals surface area contributed by atoms with Gasteiger partial charge in [-0.3, -0.25) is 0 Å². The van der Waals surface area contributed by atoms with Crippen molar-refractivity contribution in [3.8, 4) is 5.75 Å². The summed E-state index contributed by atoms with van der Waals surface area (Å²) < 4.78 is 18.9. The molecule has 0 fully saturated rings. The highest BCUT2D eigenvalue weighted by Gasteiger charge is 2.05. The van der Waals surface area contributed by atoms with Gasteiger partial charge in [0, 0.05) is 19.6 Å². The normalized spacial score (nSPS) is 11.0. The first kappa shape index (κ1) is 15.9. The van der Waals surface area contributed by atoms with Crippen molar-refractivity contribution in [2.75, 3.05) is 39.8 Å². The van der Waals surface area contributed by atoms with Crippen molar-refractivity contribution in [2.45, 2.75) is 20.3 Å². The predicted molar refractivity (Wildman–Crippen MR) is 77.3 cm³/mol. The van der Waals surface area contributed by atoms with E-state index in [0.29, 0.717) is 12.4 Å². The minimum absolute atomic E-state index is 0.269. The van der Waals surface area contributed by atoms with E-state index in [1.165, 1.54) is 0 Å². The topological polar surface area (TPSA) is 24.5 Å². The second-order valence-corrected chi connectivity index (χ2v) is 4.60. The van der Waals surface area contributed by atoms with Crippen LogP contribution in [0, 0.1) is 5.82 Å². The summed E-state index contributed by atoms with van der Waals surface area (Å²) in [5, 5.41) is 3.29. The van der Waals surface area contributed by atoms with Crippen LogP contribution in [0.2, 0.25) is 0 Å². The summed E-state index contributed by atoms with van der Waals surface area (Å²) in [7, 11) is 2.09. The molecule has 0 amide bonds. The van der Waals surface area contributed by atoms with Gasteiger partial charge in [0.15, 0.2) is 11.6 Å². The van der Waals surface area contributed by atoms with Crippen LogP contribution in [0.1, 0.15) is 19.4 Å². The van der Waals surface area contributed by atoms with E-state index in [1.54, 1.807) is 12.1 Å². The highest BCUT2D eigenvalue weighted by molar-refractivity contribution is 5.29. The first-order valence-electron chi connectivity index (χ1n) is 6.97. The van der Waals surface area contributed by atoms with Gasteiger partial charge < -0.3 is 15.0 Å². The van der Waals surface area contributed by atoms with Crippen molar-refractivity contribution in [1.82, 2.24) is 10.2 Å². The third-order valence-electron chi connectivity index (χ3n) is 3.00. The van der Waals surface area contributed by atoms with Gasteiger partial charge in [0.05, 0.1) is 6.61 Å². The molecule has 0 heterocycles. The van der Waals surface area contributed by atoms with Crippen LogP contribution in [0.25, 0.3) is 0 Å². The van der Waals surface area contributed by atoms with Gasteiger partial charge in [-0.1, -0.05) is 13.0 Å². The zero-order chi connectivity index (χ0) is 14.1. The summed E-state index contributed by atoms with van der Waals surface area (Å²) in [6.45, 7) is 8.37. The molecule has 0 atom stereocenters. The first-order valence-corrected chi connectivity index (χ1v) is 6.97. The lowest BCUT2D eigenvalue weighted by Gasteiger charge is -2.16. The lowest BCUT2D eigenvalue weighted by molar-refractivity contribution is 0.320. The molecule has 19 heavy (non-hydrogen) atoms. The van der Waals surface area contributed by atoms with Gasteiger partial charge in [0.2, 0.25) is 0 Å². The van der Waals surface area contributed by atoms with Gasteiger partial charge in [0.25, 0.3) is 0 Å². The average molecular weight is 268 g/mol. The molecule has 3 nitrogen and oxygen atoms in total. The highest BCUT2D eigenvalue weighted by atomic mass is 19.1. The molecule has 0 saturated heterocycles. The number of likely N-dealkylation sites (N-methyl/N-ethyl adjacent to an activating group) is 2. The lowest BCUT2D eigenvalue weighted by Crippen LogP contribution is -2.30. The quantitative estimate of drug-likeness (QED) is 0.696. The van der Waals surface area contributed by atoms with Gasteiger partial charge in [-0.2, -0.15) is 0 Å². The van der Waals surface area contributed by atoms with E-state index in [-0.39, 0.29) is 5.82 Å². The van der Waals surface area contributed by atoms with Crippen molar-refractivity contribution in [3.05, 3.63) is 29.6 Å². The molecule has 0 saturated carbocycles. The molecule has 0 aliphatic rings. The smallest absolute Gasteiger partial charge is 0.165 e. The van der Waals surface area contributed by atoms with Crippen LogP contribution in [0.4, 0.5) is 4.39 Å². The minimum atomic E-state index is -0.269. The molecule has 1 aromatic rings. The largest absolute Gasteiger partial charge is 0.491 e. The summed E-state index contributed by atoms with van der Waals surface area (Å²) in [5.74, 6) is 0.0707. The maximum absolute atomic E-state index is 13.7. The van der Waals surface area contributed by atoms with Gasteiger partial charge in [-0.05, 0) is 44.6 Å². The SMILES string of the molecule is CCNCCN(C)CCc1ccc(OCC)c(F)c1. The van der Waals surface area contributed by atoms with E-state index in [4.69, 9.17) is 4.74 Å². The van der Waals surface area contributed by atoms with Crippen molar-refractivity contribution in [3.63, 3.8) is 0 Å². The molecule has 0 aromatic heterocycles. The third kappa shape index (κ3) is 6.03. The number of benzene rings is 1. The second-order valence-electron chi connectivity index (χ2n) is 4.60. The number of nitrogens with one attached hydrogen (secondary N) is 1. The van der Waals surface area contributed by atoms with E-state index < -0.39 is 0 Å². The zero-order valence-electron chi connectivity index (χ0n) is 12.2. The number of hydrogen-bond acceptors (Lipinski definition) is 3. The van der Waals surface area contributed by atoms with E-state index in [1.807, 2.05) is 13.0 Å². The van der Waals surface area contributed by atoms with Gasteiger partial charge in [0.1, 0.15) is 0 Å². The van der Waals surface area contributed by atoms with Crippen molar-refractivity contribution >= 4 is 0 Å². The highest BCUT2D eigenvalue weighted by Crippen LogP contribution is 2.18.